The molecule has 0 amide bonds. The molecule has 1 aliphatic carbocycles. The molecule has 212 valence electrons. The van der Waals surface area contributed by atoms with Crippen LogP contribution >= 0.6 is 0 Å². The summed E-state index contributed by atoms with van der Waals surface area (Å²) < 4.78 is 35.3. The Kier molecular flexibility index (Phi) is 5.22. The summed E-state index contributed by atoms with van der Waals surface area (Å²) in [7, 11) is 1.83. The summed E-state index contributed by atoms with van der Waals surface area (Å²) in [6.45, 7) is 12.2. The molecule has 0 N–H and O–H groups in total. The fourth-order valence-electron chi connectivity index (χ4n) is 6.84. The Morgan fingerprint density at radius 3 is 2.33 bits per heavy atom. The van der Waals surface area contributed by atoms with Crippen LogP contribution in [0.1, 0.15) is 66.5 Å². The first-order valence-electron chi connectivity index (χ1n) is 16.3. The number of pyridine rings is 1. The zero-order valence-corrected chi connectivity index (χ0v) is 25.8. The number of nitrogens with zero attached hydrogens (tertiary/aromatic N) is 2. The van der Waals surface area contributed by atoms with E-state index < -0.39 is 11.8 Å². The summed E-state index contributed by atoms with van der Waals surface area (Å²) >= 11 is 0. The molecule has 0 fully saturated rings. The normalized spacial score (nSPS) is 15.1. The van der Waals surface area contributed by atoms with Crippen molar-refractivity contribution in [2.75, 3.05) is 0 Å². The standard InChI is InChI=1S/C40H37N2O/c1-24-12-15-29-30-16-13-27(23-41)36(26-14-17-33-31(21-26)28-10-8-9-11-32(28)40(33,5)6)38(30)43-37(29)35(24)34-20-25(18-19-42(34)7)22-39(2,3)4/h8-21H,22H2,1-7H3/q+1/i19D,22D2. The van der Waals surface area contributed by atoms with Gasteiger partial charge in [0.05, 0.1) is 17.2 Å². The zero-order valence-electron chi connectivity index (χ0n) is 28.8. The highest BCUT2D eigenvalue weighted by Crippen LogP contribution is 2.50. The van der Waals surface area contributed by atoms with Crippen LogP contribution in [0.3, 0.4) is 0 Å². The van der Waals surface area contributed by atoms with Gasteiger partial charge < -0.3 is 4.42 Å². The van der Waals surface area contributed by atoms with Crippen molar-refractivity contribution < 1.29 is 13.1 Å². The predicted octanol–water partition coefficient (Wildman–Crippen LogP) is 9.82. The second-order valence-corrected chi connectivity index (χ2v) is 13.3. The van der Waals surface area contributed by atoms with Crippen LogP contribution in [-0.2, 0) is 18.8 Å². The lowest BCUT2D eigenvalue weighted by molar-refractivity contribution is -0.660. The summed E-state index contributed by atoms with van der Waals surface area (Å²) in [6.07, 6.45) is -1.46. The minimum absolute atomic E-state index is 0.121. The van der Waals surface area contributed by atoms with Crippen LogP contribution in [0.15, 0.2) is 89.5 Å². The molecule has 1 aliphatic rings. The fourth-order valence-corrected chi connectivity index (χ4v) is 6.84. The molecule has 43 heavy (non-hydrogen) atoms. The van der Waals surface area contributed by atoms with Crippen molar-refractivity contribution in [3.05, 3.63) is 113 Å². The minimum atomic E-state index is -1.67. The lowest BCUT2D eigenvalue weighted by Gasteiger charge is -2.21. The van der Waals surface area contributed by atoms with Gasteiger partial charge in [0.15, 0.2) is 6.17 Å². The van der Waals surface area contributed by atoms with Gasteiger partial charge in [-0.2, -0.15) is 5.26 Å². The van der Waals surface area contributed by atoms with Crippen LogP contribution in [-0.4, -0.2) is 0 Å². The van der Waals surface area contributed by atoms with E-state index in [1.54, 1.807) is 10.6 Å². The highest BCUT2D eigenvalue weighted by atomic mass is 16.3. The summed E-state index contributed by atoms with van der Waals surface area (Å²) in [5.74, 6) is 0. The van der Waals surface area contributed by atoms with Gasteiger partial charge in [0.25, 0.3) is 0 Å². The third-order valence-corrected chi connectivity index (χ3v) is 8.85. The SMILES string of the molecule is [2H]c1cc(C([2H])([2H])C(C)(C)C)cc(-c2c(C)ccc3c2oc2c(-c4ccc5c(c4)-c4ccccc4C5(C)C)c(C#N)ccc23)[n+]1C. The molecule has 0 spiro atoms. The Hall–Kier alpha value is -4.68. The van der Waals surface area contributed by atoms with Gasteiger partial charge in [-0.1, -0.05) is 83.1 Å². The molecule has 3 heteroatoms. The number of aromatic nitrogens is 1. The van der Waals surface area contributed by atoms with Crippen molar-refractivity contribution in [2.45, 2.75) is 53.3 Å². The molecule has 0 saturated carbocycles. The van der Waals surface area contributed by atoms with Crippen LogP contribution in [0.25, 0.3) is 55.4 Å². The molecule has 2 aromatic heterocycles. The minimum Gasteiger partial charge on any atom is -0.454 e. The van der Waals surface area contributed by atoms with Gasteiger partial charge in [0.1, 0.15) is 19.6 Å². The van der Waals surface area contributed by atoms with Crippen LogP contribution in [0.5, 0.6) is 0 Å². The highest BCUT2D eigenvalue weighted by molar-refractivity contribution is 6.14. The molecule has 0 atom stereocenters. The quantitative estimate of drug-likeness (QED) is 0.201. The van der Waals surface area contributed by atoms with E-state index in [1.807, 2.05) is 59.0 Å². The molecule has 0 aliphatic heterocycles. The van der Waals surface area contributed by atoms with Crippen molar-refractivity contribution in [2.24, 2.45) is 12.5 Å². The fraction of sp³-hybridized carbons (Fsp3) is 0.250. The molecule has 0 bridgehead atoms. The Balaban J connectivity index is 1.51. The topological polar surface area (TPSA) is 40.8 Å². The Morgan fingerprint density at radius 2 is 1.58 bits per heavy atom. The van der Waals surface area contributed by atoms with Crippen LogP contribution in [0, 0.1) is 23.7 Å². The van der Waals surface area contributed by atoms with Gasteiger partial charge in [0.2, 0.25) is 5.69 Å². The number of furan rings is 1. The number of rotatable bonds is 3. The maximum Gasteiger partial charge on any atom is 0.216 e. The zero-order chi connectivity index (χ0) is 32.9. The van der Waals surface area contributed by atoms with Crippen LogP contribution < -0.4 is 4.57 Å². The van der Waals surface area contributed by atoms with E-state index in [4.69, 9.17) is 8.53 Å². The monoisotopic (exact) mass is 564 g/mol. The molecule has 0 radical (unpaired) electrons. The highest BCUT2D eigenvalue weighted by Gasteiger charge is 2.35. The second kappa shape index (κ2) is 9.41. The summed E-state index contributed by atoms with van der Waals surface area (Å²) in [6, 6.07) is 28.8. The molecular weight excluding hydrogens is 524 g/mol. The second-order valence-electron chi connectivity index (χ2n) is 13.3. The van der Waals surface area contributed by atoms with Crippen molar-refractivity contribution in [3.63, 3.8) is 0 Å². The molecule has 6 aromatic rings. The summed E-state index contributed by atoms with van der Waals surface area (Å²) in [5.41, 5.74) is 10.6. The van der Waals surface area contributed by atoms with Crippen molar-refractivity contribution >= 4 is 21.9 Å². The molecule has 0 saturated heterocycles. The number of nitriles is 1. The van der Waals surface area contributed by atoms with E-state index in [-0.39, 0.29) is 11.6 Å². The van der Waals surface area contributed by atoms with Crippen LogP contribution in [0.2, 0.25) is 0 Å². The molecular formula is C40H37N2O+. The van der Waals surface area contributed by atoms with Crippen molar-refractivity contribution in [1.29, 1.82) is 5.26 Å². The molecule has 0 unspecified atom stereocenters. The number of hydrogen-bond donors (Lipinski definition) is 0. The number of fused-ring (bicyclic) bond motifs is 6. The average Bonchev–Trinajstić information content (AvgIpc) is 3.49. The van der Waals surface area contributed by atoms with E-state index >= 15 is 0 Å². The molecule has 3 nitrogen and oxygen atoms in total. The largest absolute Gasteiger partial charge is 0.454 e. The summed E-state index contributed by atoms with van der Waals surface area (Å²) in [4.78, 5) is 0. The predicted molar refractivity (Wildman–Crippen MR) is 176 cm³/mol. The third-order valence-electron chi connectivity index (χ3n) is 8.85. The first kappa shape index (κ1) is 23.8. The van der Waals surface area contributed by atoms with Crippen LogP contribution in [0.4, 0.5) is 0 Å². The Labute approximate surface area is 258 Å². The van der Waals surface area contributed by atoms with Gasteiger partial charge in [0, 0.05) is 36.6 Å². The lowest BCUT2D eigenvalue weighted by atomic mass is 9.82. The molecule has 4 aromatic carbocycles. The number of benzene rings is 4. The lowest BCUT2D eigenvalue weighted by Crippen LogP contribution is -2.31. The average molecular weight is 565 g/mol. The number of aryl methyl sites for hydroxylation is 1. The van der Waals surface area contributed by atoms with E-state index in [2.05, 4.69) is 68.4 Å². The Morgan fingerprint density at radius 1 is 0.884 bits per heavy atom. The maximum atomic E-state index is 10.3. The van der Waals surface area contributed by atoms with Gasteiger partial charge in [-0.25, -0.2) is 4.57 Å². The van der Waals surface area contributed by atoms with E-state index in [0.717, 1.165) is 33.0 Å². The first-order chi connectivity index (χ1) is 21.7. The number of hydrogen-bond acceptors (Lipinski definition) is 2. The van der Waals surface area contributed by atoms with Crippen molar-refractivity contribution in [1.82, 2.24) is 0 Å². The van der Waals surface area contributed by atoms with E-state index in [1.165, 1.54) is 22.3 Å². The van der Waals surface area contributed by atoms with E-state index in [0.29, 0.717) is 28.0 Å². The molecule has 2 heterocycles. The summed E-state index contributed by atoms with van der Waals surface area (Å²) in [5, 5.41) is 12.1. The smallest absolute Gasteiger partial charge is 0.216 e. The first-order valence-corrected chi connectivity index (χ1v) is 14.8. The molecule has 7 rings (SSSR count). The van der Waals surface area contributed by atoms with Gasteiger partial charge in [-0.05, 0) is 75.9 Å². The third kappa shape index (κ3) is 4.20. The van der Waals surface area contributed by atoms with E-state index in [9.17, 15) is 5.26 Å². The van der Waals surface area contributed by atoms with Gasteiger partial charge in [-0.3, -0.25) is 0 Å². The van der Waals surface area contributed by atoms with Gasteiger partial charge in [-0.15, -0.1) is 0 Å². The van der Waals surface area contributed by atoms with Crippen molar-refractivity contribution in [3.8, 4) is 39.6 Å². The Bertz CT molecular complexity index is 2300. The maximum absolute atomic E-state index is 10.3. The van der Waals surface area contributed by atoms with Gasteiger partial charge >= 0.3 is 0 Å².